The van der Waals surface area contributed by atoms with Crippen molar-refractivity contribution in [2.45, 2.75) is 70.6 Å². The van der Waals surface area contributed by atoms with Crippen LogP contribution in [-0.2, 0) is 0 Å². The minimum absolute atomic E-state index is 0.968. The van der Waals surface area contributed by atoms with Crippen molar-refractivity contribution in [2.24, 2.45) is 5.92 Å². The Morgan fingerprint density at radius 3 is 2.16 bits per heavy atom. The van der Waals surface area contributed by atoms with Crippen LogP contribution in [0.15, 0.2) is 0 Å². The van der Waals surface area contributed by atoms with E-state index in [1.165, 1.54) is 103 Å². The zero-order valence-corrected chi connectivity index (χ0v) is 12.8. The van der Waals surface area contributed by atoms with Crippen LogP contribution in [0.3, 0.4) is 0 Å². The average molecular weight is 266 g/mol. The Balaban J connectivity index is 1.46. The number of likely N-dealkylation sites (tertiary alicyclic amines) is 1. The van der Waals surface area contributed by atoms with E-state index in [-0.39, 0.29) is 0 Å². The number of hydrogen-bond acceptors (Lipinski definition) is 2. The molecule has 1 aliphatic carbocycles. The Kier molecular flexibility index (Phi) is 7.87. The van der Waals surface area contributed by atoms with Crippen LogP contribution in [0.5, 0.6) is 0 Å². The van der Waals surface area contributed by atoms with E-state index in [9.17, 15) is 0 Å². The Labute approximate surface area is 120 Å². The molecule has 19 heavy (non-hydrogen) atoms. The van der Waals surface area contributed by atoms with Crippen molar-refractivity contribution in [3.63, 3.8) is 0 Å². The van der Waals surface area contributed by atoms with E-state index in [1.807, 2.05) is 0 Å². The third-order valence-electron chi connectivity index (χ3n) is 4.93. The highest BCUT2D eigenvalue weighted by atomic mass is 15.1. The molecule has 2 rings (SSSR count). The minimum Gasteiger partial charge on any atom is -0.316 e. The first-order chi connectivity index (χ1) is 9.45. The average Bonchev–Trinajstić information content (AvgIpc) is 2.41. The molecule has 0 atom stereocenters. The molecule has 0 aromatic heterocycles. The zero-order valence-electron chi connectivity index (χ0n) is 12.8. The molecule has 0 aromatic rings. The first-order valence-electron chi connectivity index (χ1n) is 8.88. The highest BCUT2D eigenvalue weighted by Gasteiger charge is 2.11. The maximum atomic E-state index is 3.72. The van der Waals surface area contributed by atoms with Crippen LogP contribution in [0.4, 0.5) is 0 Å². The summed E-state index contributed by atoms with van der Waals surface area (Å²) in [5.41, 5.74) is 0. The lowest BCUT2D eigenvalue weighted by atomic mass is 9.91. The molecular weight excluding hydrogens is 232 g/mol. The lowest BCUT2D eigenvalue weighted by Gasteiger charge is -2.26. The number of piperidine rings is 1. The Hall–Kier alpha value is -0.0800. The molecule has 2 heteroatoms. The summed E-state index contributed by atoms with van der Waals surface area (Å²) in [4.78, 5) is 2.65. The molecule has 1 N–H and O–H groups in total. The Morgan fingerprint density at radius 1 is 0.789 bits per heavy atom. The van der Waals surface area contributed by atoms with Crippen molar-refractivity contribution >= 4 is 0 Å². The van der Waals surface area contributed by atoms with Gasteiger partial charge in [-0.25, -0.2) is 0 Å². The van der Waals surface area contributed by atoms with Crippen molar-refractivity contribution < 1.29 is 0 Å². The first kappa shape index (κ1) is 15.3. The molecular formula is C17H34N2. The number of rotatable bonds is 6. The molecule has 2 aliphatic rings. The topological polar surface area (TPSA) is 15.3 Å². The van der Waals surface area contributed by atoms with Gasteiger partial charge in [0, 0.05) is 0 Å². The molecule has 1 aliphatic heterocycles. The van der Waals surface area contributed by atoms with E-state index < -0.39 is 0 Å². The van der Waals surface area contributed by atoms with Gasteiger partial charge in [-0.15, -0.1) is 0 Å². The Bertz CT molecular complexity index is 203. The predicted octanol–water partition coefficient (Wildman–Crippen LogP) is 3.81. The van der Waals surface area contributed by atoms with E-state index >= 15 is 0 Å². The van der Waals surface area contributed by atoms with Gasteiger partial charge in [-0.2, -0.15) is 0 Å². The van der Waals surface area contributed by atoms with Gasteiger partial charge in [0.25, 0.3) is 0 Å². The minimum atomic E-state index is 0.968. The van der Waals surface area contributed by atoms with Crippen LogP contribution >= 0.6 is 0 Å². The van der Waals surface area contributed by atoms with Crippen LogP contribution in [0.1, 0.15) is 70.6 Å². The summed E-state index contributed by atoms with van der Waals surface area (Å²) in [6, 6.07) is 0. The fourth-order valence-electron chi connectivity index (χ4n) is 3.66. The van der Waals surface area contributed by atoms with Gasteiger partial charge >= 0.3 is 0 Å². The molecule has 0 aromatic carbocycles. The van der Waals surface area contributed by atoms with Gasteiger partial charge in [-0.1, -0.05) is 38.5 Å². The van der Waals surface area contributed by atoms with E-state index in [1.54, 1.807) is 0 Å². The molecule has 2 nitrogen and oxygen atoms in total. The third kappa shape index (κ3) is 6.76. The van der Waals surface area contributed by atoms with Crippen LogP contribution < -0.4 is 5.32 Å². The summed E-state index contributed by atoms with van der Waals surface area (Å²) in [5.74, 6) is 0.968. The van der Waals surface area contributed by atoms with E-state index in [0.717, 1.165) is 5.92 Å². The second-order valence-corrected chi connectivity index (χ2v) is 6.67. The lowest BCUT2D eigenvalue weighted by molar-refractivity contribution is 0.225. The summed E-state index contributed by atoms with van der Waals surface area (Å²) < 4.78 is 0. The largest absolute Gasteiger partial charge is 0.316 e. The summed E-state index contributed by atoms with van der Waals surface area (Å²) in [5, 5.41) is 3.72. The van der Waals surface area contributed by atoms with Crippen molar-refractivity contribution in [1.82, 2.24) is 10.2 Å². The number of nitrogens with one attached hydrogen (secondary N) is 1. The number of nitrogens with zero attached hydrogens (tertiary/aromatic N) is 1. The third-order valence-corrected chi connectivity index (χ3v) is 4.93. The van der Waals surface area contributed by atoms with E-state index in [4.69, 9.17) is 0 Å². The van der Waals surface area contributed by atoms with Crippen LogP contribution in [0, 0.1) is 5.92 Å². The summed E-state index contributed by atoms with van der Waals surface area (Å²) >= 11 is 0. The van der Waals surface area contributed by atoms with Crippen LogP contribution in [0.2, 0.25) is 0 Å². The summed E-state index contributed by atoms with van der Waals surface area (Å²) in [7, 11) is 0. The molecule has 1 heterocycles. The molecule has 0 bridgehead atoms. The maximum Gasteiger partial charge on any atom is -0.000664 e. The maximum absolute atomic E-state index is 3.72. The van der Waals surface area contributed by atoms with Gasteiger partial charge in [0.1, 0.15) is 0 Å². The Morgan fingerprint density at radius 2 is 1.42 bits per heavy atom. The van der Waals surface area contributed by atoms with Crippen molar-refractivity contribution in [3.8, 4) is 0 Å². The predicted molar refractivity (Wildman–Crippen MR) is 83.6 cm³/mol. The SMILES string of the molecule is C1CCCC(CNCCCN2CCCCC2)CCC1. The van der Waals surface area contributed by atoms with Crippen molar-refractivity contribution in [2.75, 3.05) is 32.7 Å². The standard InChI is InChI=1S/C17H34N2/c1-2-5-10-17(11-6-3-1)16-18-12-9-15-19-13-7-4-8-14-19/h17-18H,1-16H2. The number of hydrogen-bond donors (Lipinski definition) is 1. The second-order valence-electron chi connectivity index (χ2n) is 6.67. The molecule has 112 valence electrons. The monoisotopic (exact) mass is 266 g/mol. The smallest absolute Gasteiger partial charge is 0.000664 e. The van der Waals surface area contributed by atoms with Crippen LogP contribution in [0.25, 0.3) is 0 Å². The zero-order chi connectivity index (χ0) is 13.2. The molecule has 0 unspecified atom stereocenters. The summed E-state index contributed by atoms with van der Waals surface area (Å²) in [6.07, 6.45) is 16.0. The molecule has 0 radical (unpaired) electrons. The van der Waals surface area contributed by atoms with Crippen molar-refractivity contribution in [3.05, 3.63) is 0 Å². The highest BCUT2D eigenvalue weighted by molar-refractivity contribution is 4.68. The van der Waals surface area contributed by atoms with Gasteiger partial charge in [0.15, 0.2) is 0 Å². The molecule has 2 fully saturated rings. The van der Waals surface area contributed by atoms with Gasteiger partial charge in [0.05, 0.1) is 0 Å². The van der Waals surface area contributed by atoms with Gasteiger partial charge < -0.3 is 10.2 Å². The molecule has 0 amide bonds. The normalized spacial score (nSPS) is 24.0. The second kappa shape index (κ2) is 9.77. The lowest BCUT2D eigenvalue weighted by Crippen LogP contribution is -2.33. The fraction of sp³-hybridized carbons (Fsp3) is 1.00. The highest BCUT2D eigenvalue weighted by Crippen LogP contribution is 2.21. The van der Waals surface area contributed by atoms with Crippen LogP contribution in [-0.4, -0.2) is 37.6 Å². The van der Waals surface area contributed by atoms with Gasteiger partial charge in [-0.05, 0) is 70.7 Å². The van der Waals surface area contributed by atoms with Crippen molar-refractivity contribution in [1.29, 1.82) is 0 Å². The molecule has 1 saturated heterocycles. The fourth-order valence-corrected chi connectivity index (χ4v) is 3.66. The van der Waals surface area contributed by atoms with Gasteiger partial charge in [0.2, 0.25) is 0 Å². The van der Waals surface area contributed by atoms with E-state index in [2.05, 4.69) is 10.2 Å². The van der Waals surface area contributed by atoms with Gasteiger partial charge in [-0.3, -0.25) is 0 Å². The first-order valence-corrected chi connectivity index (χ1v) is 8.88. The summed E-state index contributed by atoms with van der Waals surface area (Å²) in [6.45, 7) is 6.52. The van der Waals surface area contributed by atoms with E-state index in [0.29, 0.717) is 0 Å². The quantitative estimate of drug-likeness (QED) is 0.735. The molecule has 0 spiro atoms. The molecule has 1 saturated carbocycles.